The summed E-state index contributed by atoms with van der Waals surface area (Å²) in [6, 6.07) is 6.13. The number of rotatable bonds is 2. The standard InChI is InChI=1S/C10H11BrN2/c1-8(6-11)9-7-12-13-5-3-2-4-10(9)13/h2-5,7-8H,6H2,1H3. The largest absolute Gasteiger partial charge is 0.241 e. The lowest BCUT2D eigenvalue weighted by molar-refractivity contribution is 0.897. The van der Waals surface area contributed by atoms with Crippen molar-refractivity contribution in [3.8, 4) is 0 Å². The molecule has 1 atom stereocenters. The molecule has 0 aromatic carbocycles. The van der Waals surface area contributed by atoms with E-state index in [4.69, 9.17) is 0 Å². The van der Waals surface area contributed by atoms with Gasteiger partial charge in [-0.1, -0.05) is 28.9 Å². The molecule has 13 heavy (non-hydrogen) atoms. The van der Waals surface area contributed by atoms with E-state index in [9.17, 15) is 0 Å². The Morgan fingerprint density at radius 1 is 1.54 bits per heavy atom. The molecule has 0 radical (unpaired) electrons. The van der Waals surface area contributed by atoms with E-state index in [1.165, 1.54) is 11.1 Å². The van der Waals surface area contributed by atoms with E-state index in [1.54, 1.807) is 0 Å². The lowest BCUT2D eigenvalue weighted by atomic mass is 10.1. The van der Waals surface area contributed by atoms with E-state index < -0.39 is 0 Å². The van der Waals surface area contributed by atoms with Crippen molar-refractivity contribution in [2.45, 2.75) is 12.8 Å². The van der Waals surface area contributed by atoms with Crippen LogP contribution < -0.4 is 0 Å². The van der Waals surface area contributed by atoms with Crippen LogP contribution >= 0.6 is 15.9 Å². The first-order valence-electron chi connectivity index (χ1n) is 4.31. The molecule has 2 heterocycles. The van der Waals surface area contributed by atoms with Crippen LogP contribution in [0, 0.1) is 0 Å². The molecule has 3 heteroatoms. The smallest absolute Gasteiger partial charge is 0.0696 e. The maximum absolute atomic E-state index is 4.28. The first kappa shape index (κ1) is 8.75. The topological polar surface area (TPSA) is 17.3 Å². The molecule has 0 amide bonds. The van der Waals surface area contributed by atoms with Gasteiger partial charge in [0.05, 0.1) is 11.7 Å². The molecule has 0 fully saturated rings. The lowest BCUT2D eigenvalue weighted by Gasteiger charge is -2.04. The van der Waals surface area contributed by atoms with Crippen LogP contribution in [-0.2, 0) is 0 Å². The Balaban J connectivity index is 2.57. The van der Waals surface area contributed by atoms with Crippen LogP contribution in [-0.4, -0.2) is 14.9 Å². The Labute approximate surface area is 85.7 Å². The van der Waals surface area contributed by atoms with Crippen LogP contribution in [0.25, 0.3) is 5.52 Å². The molecule has 2 nitrogen and oxygen atoms in total. The third kappa shape index (κ3) is 1.48. The number of fused-ring (bicyclic) bond motifs is 1. The van der Waals surface area contributed by atoms with E-state index in [2.05, 4.69) is 34.0 Å². The lowest BCUT2D eigenvalue weighted by Crippen LogP contribution is -1.93. The number of hydrogen-bond acceptors (Lipinski definition) is 1. The van der Waals surface area contributed by atoms with Gasteiger partial charge >= 0.3 is 0 Å². The van der Waals surface area contributed by atoms with Crippen molar-refractivity contribution < 1.29 is 0 Å². The minimum Gasteiger partial charge on any atom is -0.241 e. The van der Waals surface area contributed by atoms with Crippen molar-refractivity contribution in [2.75, 3.05) is 5.33 Å². The minimum absolute atomic E-state index is 0.514. The maximum atomic E-state index is 4.28. The number of aromatic nitrogens is 2. The summed E-state index contributed by atoms with van der Waals surface area (Å²) in [5.41, 5.74) is 2.51. The highest BCUT2D eigenvalue weighted by Crippen LogP contribution is 2.21. The quantitative estimate of drug-likeness (QED) is 0.736. The highest BCUT2D eigenvalue weighted by molar-refractivity contribution is 9.09. The maximum Gasteiger partial charge on any atom is 0.0696 e. The zero-order chi connectivity index (χ0) is 9.26. The number of halogens is 1. The summed E-state index contributed by atoms with van der Waals surface area (Å²) in [6.45, 7) is 2.19. The van der Waals surface area contributed by atoms with Gasteiger partial charge in [-0.15, -0.1) is 0 Å². The van der Waals surface area contributed by atoms with E-state index in [-0.39, 0.29) is 0 Å². The SMILES string of the molecule is CC(CBr)c1cnn2ccccc12. The molecule has 0 spiro atoms. The Hall–Kier alpha value is -0.830. The fraction of sp³-hybridized carbons (Fsp3) is 0.300. The van der Waals surface area contributed by atoms with Gasteiger partial charge in [0, 0.05) is 17.1 Å². The normalized spacial score (nSPS) is 13.4. The van der Waals surface area contributed by atoms with Gasteiger partial charge in [-0.3, -0.25) is 0 Å². The van der Waals surface area contributed by atoms with Crippen LogP contribution in [0.3, 0.4) is 0 Å². The molecule has 0 saturated heterocycles. The van der Waals surface area contributed by atoms with Gasteiger partial charge in [0.25, 0.3) is 0 Å². The van der Waals surface area contributed by atoms with Gasteiger partial charge in [-0.25, -0.2) is 4.52 Å². The molecule has 68 valence electrons. The number of hydrogen-bond donors (Lipinski definition) is 0. The van der Waals surface area contributed by atoms with Crippen molar-refractivity contribution in [2.24, 2.45) is 0 Å². The zero-order valence-electron chi connectivity index (χ0n) is 7.44. The first-order valence-corrected chi connectivity index (χ1v) is 5.43. The monoisotopic (exact) mass is 238 g/mol. The van der Waals surface area contributed by atoms with Crippen LogP contribution in [0.15, 0.2) is 30.6 Å². The molecule has 0 aliphatic rings. The third-order valence-corrected chi connectivity index (χ3v) is 3.19. The van der Waals surface area contributed by atoms with E-state index in [0.717, 1.165) is 5.33 Å². The van der Waals surface area contributed by atoms with Crippen molar-refractivity contribution in [1.82, 2.24) is 9.61 Å². The van der Waals surface area contributed by atoms with Gasteiger partial charge < -0.3 is 0 Å². The van der Waals surface area contributed by atoms with Gasteiger partial charge in [-0.05, 0) is 18.1 Å². The zero-order valence-corrected chi connectivity index (χ0v) is 9.03. The molecule has 0 aliphatic heterocycles. The molecule has 0 bridgehead atoms. The minimum atomic E-state index is 0.514. The van der Waals surface area contributed by atoms with Gasteiger partial charge in [-0.2, -0.15) is 5.10 Å². The summed E-state index contributed by atoms with van der Waals surface area (Å²) in [5.74, 6) is 0.514. The fourth-order valence-electron chi connectivity index (χ4n) is 1.42. The van der Waals surface area contributed by atoms with Gasteiger partial charge in [0.1, 0.15) is 0 Å². The molecule has 0 N–H and O–H groups in total. The molecule has 0 saturated carbocycles. The molecule has 2 rings (SSSR count). The summed E-state index contributed by atoms with van der Waals surface area (Å²) in [6.07, 6.45) is 3.92. The van der Waals surface area contributed by atoms with Crippen molar-refractivity contribution in [3.05, 3.63) is 36.2 Å². The van der Waals surface area contributed by atoms with E-state index >= 15 is 0 Å². The van der Waals surface area contributed by atoms with Crippen LogP contribution in [0.5, 0.6) is 0 Å². The van der Waals surface area contributed by atoms with Gasteiger partial charge in [0.15, 0.2) is 0 Å². The highest BCUT2D eigenvalue weighted by atomic mass is 79.9. The fourth-order valence-corrected chi connectivity index (χ4v) is 1.77. The van der Waals surface area contributed by atoms with E-state index in [0.29, 0.717) is 5.92 Å². The molecule has 2 aromatic heterocycles. The second kappa shape index (κ2) is 3.50. The second-order valence-electron chi connectivity index (χ2n) is 3.19. The highest BCUT2D eigenvalue weighted by Gasteiger charge is 2.09. The molecular formula is C10H11BrN2. The molecule has 2 aromatic rings. The molecule has 0 aliphatic carbocycles. The number of pyridine rings is 1. The van der Waals surface area contributed by atoms with Crippen LogP contribution in [0.1, 0.15) is 18.4 Å². The third-order valence-electron chi connectivity index (χ3n) is 2.22. The Morgan fingerprint density at radius 2 is 2.38 bits per heavy atom. The summed E-state index contributed by atoms with van der Waals surface area (Å²) in [4.78, 5) is 0. The predicted octanol–water partition coefficient (Wildman–Crippen LogP) is 2.83. The van der Waals surface area contributed by atoms with Gasteiger partial charge in [0.2, 0.25) is 0 Å². The second-order valence-corrected chi connectivity index (χ2v) is 3.83. The predicted molar refractivity (Wildman–Crippen MR) is 57.4 cm³/mol. The van der Waals surface area contributed by atoms with E-state index in [1.807, 2.05) is 29.0 Å². The summed E-state index contributed by atoms with van der Waals surface area (Å²) >= 11 is 3.48. The van der Waals surface area contributed by atoms with Crippen LogP contribution in [0.2, 0.25) is 0 Å². The Kier molecular flexibility index (Phi) is 2.36. The number of alkyl halides is 1. The van der Waals surface area contributed by atoms with Crippen LogP contribution in [0.4, 0.5) is 0 Å². The summed E-state index contributed by atoms with van der Waals surface area (Å²) in [7, 11) is 0. The first-order chi connectivity index (χ1) is 6.33. The summed E-state index contributed by atoms with van der Waals surface area (Å²) < 4.78 is 1.91. The van der Waals surface area contributed by atoms with Crippen molar-refractivity contribution >= 4 is 21.4 Å². The molecule has 1 unspecified atom stereocenters. The Bertz CT molecular complexity index is 408. The van der Waals surface area contributed by atoms with Crippen molar-refractivity contribution in [3.63, 3.8) is 0 Å². The average Bonchev–Trinajstić information content (AvgIpc) is 2.60. The Morgan fingerprint density at radius 3 is 3.15 bits per heavy atom. The number of nitrogens with zero attached hydrogens (tertiary/aromatic N) is 2. The van der Waals surface area contributed by atoms with Crippen molar-refractivity contribution in [1.29, 1.82) is 0 Å². The summed E-state index contributed by atoms with van der Waals surface area (Å²) in [5, 5.41) is 5.26. The molecular weight excluding hydrogens is 228 g/mol. The average molecular weight is 239 g/mol.